The molecule has 1 amide bonds. The Hall–Kier alpha value is -1.26. The maximum Gasteiger partial charge on any atom is 0.253 e. The predicted octanol–water partition coefficient (Wildman–Crippen LogP) is 2.71. The average molecular weight is 313 g/mol. The van der Waals surface area contributed by atoms with E-state index in [2.05, 4.69) is 0 Å². The third-order valence-corrected chi connectivity index (χ3v) is 3.96. The molecule has 118 valence electrons. The summed E-state index contributed by atoms with van der Waals surface area (Å²) >= 11 is 0. The van der Waals surface area contributed by atoms with Gasteiger partial charge in [0.05, 0.1) is 6.61 Å². The normalized spacial score (nSPS) is 17.0. The molecule has 2 N–H and O–H groups in total. The quantitative estimate of drug-likeness (QED) is 0.930. The summed E-state index contributed by atoms with van der Waals surface area (Å²) in [6.45, 7) is 6.19. The lowest BCUT2D eigenvalue weighted by Gasteiger charge is -2.33. The molecule has 1 heterocycles. The first kappa shape index (κ1) is 17.8. The molecule has 1 saturated heterocycles. The van der Waals surface area contributed by atoms with Crippen LogP contribution in [0.3, 0.4) is 0 Å². The predicted molar refractivity (Wildman–Crippen MR) is 87.1 cm³/mol. The Morgan fingerprint density at radius 3 is 2.67 bits per heavy atom. The highest BCUT2D eigenvalue weighted by Gasteiger charge is 2.25. The molecule has 0 aliphatic carbocycles. The molecular weight excluding hydrogens is 288 g/mol. The summed E-state index contributed by atoms with van der Waals surface area (Å²) in [5.41, 5.74) is 6.64. The number of amides is 1. The van der Waals surface area contributed by atoms with Crippen LogP contribution >= 0.6 is 12.4 Å². The molecule has 2 rings (SSSR count). The van der Waals surface area contributed by atoms with Crippen LogP contribution in [-0.2, 0) is 0 Å². The van der Waals surface area contributed by atoms with E-state index in [1.807, 2.05) is 43.0 Å². The number of hydrogen-bond acceptors (Lipinski definition) is 3. The van der Waals surface area contributed by atoms with Crippen molar-refractivity contribution in [2.75, 3.05) is 19.7 Å². The van der Waals surface area contributed by atoms with Gasteiger partial charge in [-0.05, 0) is 50.8 Å². The largest absolute Gasteiger partial charge is 0.494 e. The van der Waals surface area contributed by atoms with Gasteiger partial charge in [-0.25, -0.2) is 0 Å². The zero-order chi connectivity index (χ0) is 14.5. The zero-order valence-corrected chi connectivity index (χ0v) is 13.6. The van der Waals surface area contributed by atoms with Gasteiger partial charge in [0.1, 0.15) is 5.75 Å². The molecule has 1 atom stereocenters. The first-order valence-electron chi connectivity index (χ1n) is 7.39. The van der Waals surface area contributed by atoms with Gasteiger partial charge in [-0.1, -0.05) is 6.07 Å². The minimum atomic E-state index is 0. The van der Waals surface area contributed by atoms with Gasteiger partial charge in [0.2, 0.25) is 0 Å². The van der Waals surface area contributed by atoms with E-state index in [-0.39, 0.29) is 24.4 Å². The van der Waals surface area contributed by atoms with E-state index in [0.717, 1.165) is 31.7 Å². The van der Waals surface area contributed by atoms with Crippen LogP contribution in [-0.4, -0.2) is 36.5 Å². The summed E-state index contributed by atoms with van der Waals surface area (Å²) < 4.78 is 5.45. The number of hydrogen-bond donors (Lipinski definition) is 1. The van der Waals surface area contributed by atoms with Crippen molar-refractivity contribution in [3.8, 4) is 5.75 Å². The molecular formula is C16H25ClN2O2. The number of rotatable bonds is 4. The number of nitrogens with two attached hydrogens (primary N) is 1. The molecule has 21 heavy (non-hydrogen) atoms. The van der Waals surface area contributed by atoms with Crippen LogP contribution in [0.4, 0.5) is 0 Å². The van der Waals surface area contributed by atoms with Crippen molar-refractivity contribution in [1.82, 2.24) is 4.90 Å². The number of likely N-dealkylation sites (tertiary alicyclic amines) is 1. The van der Waals surface area contributed by atoms with Crippen molar-refractivity contribution in [3.63, 3.8) is 0 Å². The van der Waals surface area contributed by atoms with Gasteiger partial charge in [-0.2, -0.15) is 0 Å². The van der Waals surface area contributed by atoms with E-state index in [9.17, 15) is 4.79 Å². The summed E-state index contributed by atoms with van der Waals surface area (Å²) in [5, 5.41) is 0. The number of ether oxygens (including phenoxy) is 1. The van der Waals surface area contributed by atoms with E-state index < -0.39 is 0 Å². The highest BCUT2D eigenvalue weighted by Crippen LogP contribution is 2.22. The number of carbonyl (C=O) groups excluding carboxylic acids is 1. The van der Waals surface area contributed by atoms with Crippen molar-refractivity contribution in [3.05, 3.63) is 29.8 Å². The average Bonchev–Trinajstić information content (AvgIpc) is 2.47. The third kappa shape index (κ3) is 4.61. The Bertz CT molecular complexity index is 457. The molecule has 1 fully saturated rings. The first-order valence-corrected chi connectivity index (χ1v) is 7.39. The lowest BCUT2D eigenvalue weighted by molar-refractivity contribution is 0.0680. The molecule has 0 bridgehead atoms. The standard InChI is InChI=1S/C16H24N2O2.ClH/c1-3-20-15-6-4-5-14(11-15)16(19)18-9-7-13(8-10-18)12(2)17;/h4-6,11-13H,3,7-10,17H2,1-2H3;1H. The van der Waals surface area contributed by atoms with Crippen LogP contribution < -0.4 is 10.5 Å². The Morgan fingerprint density at radius 1 is 1.43 bits per heavy atom. The Balaban J connectivity index is 0.00000220. The van der Waals surface area contributed by atoms with Gasteiger partial charge < -0.3 is 15.4 Å². The van der Waals surface area contributed by atoms with Gasteiger partial charge >= 0.3 is 0 Å². The Kier molecular flexibility index (Phi) is 6.99. The second-order valence-corrected chi connectivity index (χ2v) is 5.45. The minimum Gasteiger partial charge on any atom is -0.494 e. The van der Waals surface area contributed by atoms with Crippen LogP contribution in [0.1, 0.15) is 37.0 Å². The van der Waals surface area contributed by atoms with Crippen LogP contribution in [0.2, 0.25) is 0 Å². The maximum atomic E-state index is 12.5. The second kappa shape index (κ2) is 8.25. The number of nitrogens with zero attached hydrogens (tertiary/aromatic N) is 1. The molecule has 1 aliphatic rings. The fourth-order valence-electron chi connectivity index (χ4n) is 2.70. The number of halogens is 1. The Morgan fingerprint density at radius 2 is 2.10 bits per heavy atom. The fraction of sp³-hybridized carbons (Fsp3) is 0.562. The third-order valence-electron chi connectivity index (χ3n) is 3.96. The molecule has 5 heteroatoms. The molecule has 1 aromatic rings. The summed E-state index contributed by atoms with van der Waals surface area (Å²) in [7, 11) is 0. The molecule has 1 unspecified atom stereocenters. The van der Waals surface area contributed by atoms with Gasteiger partial charge in [-0.3, -0.25) is 4.79 Å². The van der Waals surface area contributed by atoms with E-state index in [4.69, 9.17) is 10.5 Å². The maximum absolute atomic E-state index is 12.5. The topological polar surface area (TPSA) is 55.6 Å². The number of carbonyl (C=O) groups is 1. The smallest absolute Gasteiger partial charge is 0.253 e. The van der Waals surface area contributed by atoms with Crippen LogP contribution in [0.15, 0.2) is 24.3 Å². The Labute approximate surface area is 133 Å². The van der Waals surface area contributed by atoms with Gasteiger partial charge in [0, 0.05) is 24.7 Å². The van der Waals surface area contributed by atoms with Crippen molar-refractivity contribution >= 4 is 18.3 Å². The minimum absolute atomic E-state index is 0. The molecule has 0 saturated carbocycles. The van der Waals surface area contributed by atoms with Gasteiger partial charge in [-0.15, -0.1) is 12.4 Å². The number of piperidine rings is 1. The molecule has 0 spiro atoms. The summed E-state index contributed by atoms with van der Waals surface area (Å²) in [4.78, 5) is 14.4. The second-order valence-electron chi connectivity index (χ2n) is 5.45. The van der Waals surface area contributed by atoms with Crippen LogP contribution in [0.5, 0.6) is 5.75 Å². The summed E-state index contributed by atoms with van der Waals surface area (Å²) in [5.74, 6) is 1.38. The van der Waals surface area contributed by atoms with Crippen molar-refractivity contribution in [2.45, 2.75) is 32.7 Å². The lowest BCUT2D eigenvalue weighted by Crippen LogP contribution is -2.42. The van der Waals surface area contributed by atoms with E-state index in [1.165, 1.54) is 0 Å². The van der Waals surface area contributed by atoms with Gasteiger partial charge in [0.25, 0.3) is 5.91 Å². The highest BCUT2D eigenvalue weighted by molar-refractivity contribution is 5.94. The molecule has 4 nitrogen and oxygen atoms in total. The van der Waals surface area contributed by atoms with Crippen LogP contribution in [0, 0.1) is 5.92 Å². The van der Waals surface area contributed by atoms with Crippen molar-refractivity contribution < 1.29 is 9.53 Å². The summed E-state index contributed by atoms with van der Waals surface area (Å²) in [6.07, 6.45) is 1.99. The molecule has 0 radical (unpaired) electrons. The van der Waals surface area contributed by atoms with E-state index >= 15 is 0 Å². The molecule has 1 aliphatic heterocycles. The lowest BCUT2D eigenvalue weighted by atomic mass is 9.90. The van der Waals surface area contributed by atoms with Crippen LogP contribution in [0.25, 0.3) is 0 Å². The van der Waals surface area contributed by atoms with Crippen molar-refractivity contribution in [1.29, 1.82) is 0 Å². The zero-order valence-electron chi connectivity index (χ0n) is 12.7. The highest BCUT2D eigenvalue weighted by atomic mass is 35.5. The first-order chi connectivity index (χ1) is 9.61. The summed E-state index contributed by atoms with van der Waals surface area (Å²) in [6, 6.07) is 7.63. The van der Waals surface area contributed by atoms with E-state index in [1.54, 1.807) is 0 Å². The van der Waals surface area contributed by atoms with Gasteiger partial charge in [0.15, 0.2) is 0 Å². The monoisotopic (exact) mass is 312 g/mol. The SMILES string of the molecule is CCOc1cccc(C(=O)N2CCC(C(C)N)CC2)c1.Cl. The fourth-order valence-corrected chi connectivity index (χ4v) is 2.70. The van der Waals surface area contributed by atoms with E-state index in [0.29, 0.717) is 18.1 Å². The van der Waals surface area contributed by atoms with Crippen molar-refractivity contribution in [2.24, 2.45) is 11.7 Å². The molecule has 1 aromatic carbocycles. The molecule has 0 aromatic heterocycles. The number of benzene rings is 1.